The van der Waals surface area contributed by atoms with Gasteiger partial charge in [-0.1, -0.05) is 12.1 Å². The van der Waals surface area contributed by atoms with Crippen LogP contribution in [0.5, 0.6) is 11.5 Å². The van der Waals surface area contributed by atoms with Crippen LogP contribution < -0.4 is 14.5 Å². The molecule has 4 aliphatic rings. The second-order valence-electron chi connectivity index (χ2n) is 15.9. The predicted molar refractivity (Wildman–Crippen MR) is 237 cm³/mol. The van der Waals surface area contributed by atoms with Crippen LogP contribution in [-0.4, -0.2) is 110 Å². The molecule has 0 atom stereocenters. The van der Waals surface area contributed by atoms with Crippen LogP contribution in [0, 0.1) is 0 Å². The molecule has 4 aromatic carbocycles. The van der Waals surface area contributed by atoms with Crippen molar-refractivity contribution in [2.45, 2.75) is 25.7 Å². The van der Waals surface area contributed by atoms with Crippen molar-refractivity contribution in [2.75, 3.05) is 42.9 Å². The highest BCUT2D eigenvalue weighted by atomic mass is 16.5. The number of nitrogens with zero attached hydrogens (tertiary/aromatic N) is 8. The molecule has 338 valence electrons. The quantitative estimate of drug-likeness (QED) is 0.0781. The van der Waals surface area contributed by atoms with Gasteiger partial charge in [-0.3, -0.25) is 43.3 Å². The minimum Gasteiger partial charge on any atom is -0.457 e. The van der Waals surface area contributed by atoms with E-state index in [9.17, 15) is 38.4 Å². The van der Waals surface area contributed by atoms with Gasteiger partial charge in [-0.15, -0.1) is 0 Å². The standard InChI is InChI=1S/C49H36N8O11/c58-40-32-11-7-28(29-8-12-34-37(24-29)46(64)56(44(34)62)48-50-15-5-16-51-48)23-36(32)42(60)54(40)19-1-2-20-66-21-3-4-22-67-27-55-41(59)33-13-9-30(25-38(33)43(55)61)68-31-10-14-35-39(26-31)47(65)57(45(35)63)49-52-17-6-18-53-49/h5-18,23-26H,1-4,19-22,27H2. The first-order chi connectivity index (χ1) is 33.1. The first-order valence-electron chi connectivity index (χ1n) is 21.5. The lowest BCUT2D eigenvalue weighted by Gasteiger charge is -2.14. The molecule has 0 saturated heterocycles. The zero-order valence-corrected chi connectivity index (χ0v) is 35.8. The number of imide groups is 4. The Morgan fingerprint density at radius 2 is 0.765 bits per heavy atom. The molecule has 0 fully saturated rings. The summed E-state index contributed by atoms with van der Waals surface area (Å²) in [7, 11) is 0. The van der Waals surface area contributed by atoms with E-state index in [0.29, 0.717) is 55.6 Å². The number of carbonyl (C=O) groups is 8. The summed E-state index contributed by atoms with van der Waals surface area (Å²) in [5.41, 5.74) is 2.79. The number of unbranched alkanes of at least 4 members (excludes halogenated alkanes) is 2. The summed E-state index contributed by atoms with van der Waals surface area (Å²) in [6.45, 7) is 1.08. The van der Waals surface area contributed by atoms with Crippen LogP contribution in [-0.2, 0) is 9.47 Å². The number of anilines is 2. The number of hydrogen-bond acceptors (Lipinski definition) is 15. The Balaban J connectivity index is 0.634. The summed E-state index contributed by atoms with van der Waals surface area (Å²) < 4.78 is 17.4. The number of fused-ring (bicyclic) bond motifs is 4. The molecule has 0 spiro atoms. The summed E-state index contributed by atoms with van der Waals surface area (Å²) in [4.78, 5) is 125. The van der Waals surface area contributed by atoms with E-state index < -0.39 is 41.4 Å². The molecule has 0 bridgehead atoms. The van der Waals surface area contributed by atoms with Crippen LogP contribution in [0.4, 0.5) is 11.9 Å². The topological polar surface area (TPSA) is 229 Å². The first kappa shape index (κ1) is 43.2. The van der Waals surface area contributed by atoms with Crippen molar-refractivity contribution in [3.63, 3.8) is 0 Å². The molecule has 0 unspecified atom stereocenters. The van der Waals surface area contributed by atoms with E-state index in [-0.39, 0.29) is 88.1 Å². The molecule has 6 heterocycles. The molecule has 68 heavy (non-hydrogen) atoms. The lowest BCUT2D eigenvalue weighted by molar-refractivity contribution is 0.0230. The van der Waals surface area contributed by atoms with Gasteiger partial charge in [0, 0.05) is 51.2 Å². The Labute approximate surface area is 385 Å². The largest absolute Gasteiger partial charge is 0.457 e. The average molecular weight is 913 g/mol. The lowest BCUT2D eigenvalue weighted by atomic mass is 9.97. The van der Waals surface area contributed by atoms with Crippen molar-refractivity contribution in [1.82, 2.24) is 29.7 Å². The second kappa shape index (κ2) is 17.9. The van der Waals surface area contributed by atoms with Crippen LogP contribution in [0.2, 0.25) is 0 Å². The maximum atomic E-state index is 13.4. The predicted octanol–water partition coefficient (Wildman–Crippen LogP) is 5.77. The molecular formula is C49H36N8O11. The molecule has 4 aliphatic heterocycles. The molecule has 0 radical (unpaired) electrons. The zero-order valence-electron chi connectivity index (χ0n) is 35.8. The zero-order chi connectivity index (χ0) is 47.1. The van der Waals surface area contributed by atoms with Gasteiger partial charge in [-0.25, -0.2) is 34.6 Å². The molecule has 0 N–H and O–H groups in total. The Hall–Kier alpha value is -8.68. The van der Waals surface area contributed by atoms with E-state index in [1.807, 2.05) is 0 Å². The molecule has 0 aliphatic carbocycles. The van der Waals surface area contributed by atoms with Crippen LogP contribution in [0.1, 0.15) is 109 Å². The fourth-order valence-electron chi connectivity index (χ4n) is 8.28. The van der Waals surface area contributed by atoms with Crippen LogP contribution >= 0.6 is 0 Å². The average Bonchev–Trinajstić information content (AvgIpc) is 3.95. The molecule has 2 aromatic heterocycles. The molecular weight excluding hydrogens is 877 g/mol. The molecule has 19 nitrogen and oxygen atoms in total. The van der Waals surface area contributed by atoms with Gasteiger partial charge in [0.25, 0.3) is 47.3 Å². The van der Waals surface area contributed by atoms with Gasteiger partial charge in [-0.05, 0) is 110 Å². The minimum atomic E-state index is -0.599. The number of benzene rings is 4. The minimum absolute atomic E-state index is 0.0198. The monoisotopic (exact) mass is 912 g/mol. The van der Waals surface area contributed by atoms with Gasteiger partial charge in [0.15, 0.2) is 0 Å². The summed E-state index contributed by atoms with van der Waals surface area (Å²) >= 11 is 0. The highest BCUT2D eigenvalue weighted by molar-refractivity contribution is 6.35. The fourth-order valence-corrected chi connectivity index (χ4v) is 8.28. The first-order valence-corrected chi connectivity index (χ1v) is 21.5. The number of ether oxygens (including phenoxy) is 3. The van der Waals surface area contributed by atoms with Crippen LogP contribution in [0.3, 0.4) is 0 Å². The Morgan fingerprint density at radius 3 is 1.31 bits per heavy atom. The van der Waals surface area contributed by atoms with E-state index >= 15 is 0 Å². The summed E-state index contributed by atoms with van der Waals surface area (Å²) in [5, 5.41) is 0. The summed E-state index contributed by atoms with van der Waals surface area (Å²) in [6.07, 6.45) is 8.12. The van der Waals surface area contributed by atoms with Gasteiger partial charge < -0.3 is 14.2 Å². The number of hydrogen-bond donors (Lipinski definition) is 0. The molecule has 19 heteroatoms. The Kier molecular flexibility index (Phi) is 11.4. The maximum Gasteiger partial charge on any atom is 0.268 e. The van der Waals surface area contributed by atoms with Crippen molar-refractivity contribution in [3.05, 3.63) is 154 Å². The third-order valence-electron chi connectivity index (χ3n) is 11.7. The smallest absolute Gasteiger partial charge is 0.268 e. The number of amides is 8. The fraction of sp³-hybridized carbons (Fsp3) is 0.184. The summed E-state index contributed by atoms with van der Waals surface area (Å²) in [6, 6.07) is 21.8. The van der Waals surface area contributed by atoms with E-state index in [0.717, 1.165) is 14.7 Å². The van der Waals surface area contributed by atoms with E-state index in [1.165, 1.54) is 66.1 Å². The summed E-state index contributed by atoms with van der Waals surface area (Å²) in [5.74, 6) is -3.66. The number of carbonyl (C=O) groups excluding carboxylic acids is 8. The van der Waals surface area contributed by atoms with Gasteiger partial charge in [0.2, 0.25) is 11.9 Å². The number of aromatic nitrogens is 4. The SMILES string of the molecule is O=C1c2ccc(-c3ccc4c(c3)C(=O)N(c3ncccn3)C4=O)cc2C(=O)N1CCCCOCCCCOCN1C(=O)c2ccc(Oc3ccc4c(c3)C(=O)N(c3ncccn3)C4=O)cc2C1=O. The Bertz CT molecular complexity index is 3130. The van der Waals surface area contributed by atoms with Crippen molar-refractivity contribution >= 4 is 59.2 Å². The van der Waals surface area contributed by atoms with Gasteiger partial charge in [0.05, 0.1) is 44.5 Å². The van der Waals surface area contributed by atoms with Crippen molar-refractivity contribution in [1.29, 1.82) is 0 Å². The van der Waals surface area contributed by atoms with E-state index in [4.69, 9.17) is 14.2 Å². The van der Waals surface area contributed by atoms with Crippen LogP contribution in [0.25, 0.3) is 11.1 Å². The molecule has 10 rings (SSSR count). The third kappa shape index (κ3) is 7.73. The van der Waals surface area contributed by atoms with E-state index in [1.54, 1.807) is 48.5 Å². The lowest BCUT2D eigenvalue weighted by Crippen LogP contribution is -2.32. The normalized spacial score (nSPS) is 14.9. The van der Waals surface area contributed by atoms with Crippen LogP contribution in [0.15, 0.2) is 110 Å². The van der Waals surface area contributed by atoms with Crippen molar-refractivity contribution < 1.29 is 52.6 Å². The molecule has 8 amide bonds. The molecule has 0 saturated carbocycles. The van der Waals surface area contributed by atoms with Crippen molar-refractivity contribution in [2.24, 2.45) is 0 Å². The van der Waals surface area contributed by atoms with E-state index in [2.05, 4.69) is 19.9 Å². The highest BCUT2D eigenvalue weighted by Crippen LogP contribution is 2.35. The Morgan fingerprint density at radius 1 is 0.382 bits per heavy atom. The highest BCUT2D eigenvalue weighted by Gasteiger charge is 2.41. The second-order valence-corrected chi connectivity index (χ2v) is 15.9. The maximum absolute atomic E-state index is 13.4. The molecule has 6 aromatic rings. The van der Waals surface area contributed by atoms with Gasteiger partial charge in [0.1, 0.15) is 18.2 Å². The number of rotatable bonds is 17. The van der Waals surface area contributed by atoms with Crippen molar-refractivity contribution in [3.8, 4) is 22.6 Å². The third-order valence-corrected chi connectivity index (χ3v) is 11.7. The van der Waals surface area contributed by atoms with Gasteiger partial charge in [-0.2, -0.15) is 0 Å². The van der Waals surface area contributed by atoms with Gasteiger partial charge >= 0.3 is 0 Å².